The highest BCUT2D eigenvalue weighted by Gasteiger charge is 2.31. The van der Waals surface area contributed by atoms with Crippen molar-refractivity contribution in [2.45, 2.75) is 18.5 Å². The fourth-order valence-electron chi connectivity index (χ4n) is 3.88. The Bertz CT molecular complexity index is 1200. The second-order valence-corrected chi connectivity index (χ2v) is 7.60. The lowest BCUT2D eigenvalue weighted by Crippen LogP contribution is -2.26. The van der Waals surface area contributed by atoms with E-state index in [4.69, 9.17) is 10.5 Å². The third kappa shape index (κ3) is 4.96. The maximum Gasteiger partial charge on any atom is 0.416 e. The average Bonchev–Trinajstić information content (AvgIpc) is 3.11. The molecule has 3 N–H and O–H groups in total. The molecular formula is C26H21F3N2O2. The number of carbonyl (C=O) groups is 1. The number of nitrogens with two attached hydrogens (primary N) is 1. The summed E-state index contributed by atoms with van der Waals surface area (Å²) in [4.78, 5) is 12.1. The topological polar surface area (TPSA) is 64.3 Å². The number of rotatable bonds is 4. The number of nitrogens with one attached hydrogen (secondary N) is 1. The summed E-state index contributed by atoms with van der Waals surface area (Å²) in [5, 5.41) is 2.62. The number of benzene rings is 3. The van der Waals surface area contributed by atoms with E-state index in [1.807, 2.05) is 36.4 Å². The van der Waals surface area contributed by atoms with Gasteiger partial charge in [0.1, 0.15) is 6.61 Å². The van der Waals surface area contributed by atoms with Crippen molar-refractivity contribution in [1.29, 1.82) is 0 Å². The molecule has 1 aliphatic carbocycles. The van der Waals surface area contributed by atoms with Gasteiger partial charge in [-0.1, -0.05) is 60.4 Å². The van der Waals surface area contributed by atoms with E-state index in [2.05, 4.69) is 29.3 Å². The monoisotopic (exact) mass is 450 g/mol. The number of hydrogen-bond acceptors (Lipinski definition) is 3. The fraction of sp³-hybridized carbons (Fsp3) is 0.192. The number of carbonyl (C=O) groups excluding carboxylic acids is 1. The molecule has 0 saturated heterocycles. The Morgan fingerprint density at radius 3 is 2.27 bits per heavy atom. The van der Waals surface area contributed by atoms with Crippen LogP contribution in [0.3, 0.4) is 0 Å². The second kappa shape index (κ2) is 9.29. The Hall–Kier alpha value is -3.92. The highest BCUT2D eigenvalue weighted by molar-refractivity contribution is 5.79. The van der Waals surface area contributed by atoms with Crippen molar-refractivity contribution in [2.24, 2.45) is 0 Å². The predicted molar refractivity (Wildman–Crippen MR) is 120 cm³/mol. The van der Waals surface area contributed by atoms with Gasteiger partial charge in [-0.2, -0.15) is 13.2 Å². The molecule has 0 atom stereocenters. The summed E-state index contributed by atoms with van der Waals surface area (Å²) in [7, 11) is 0. The molecule has 0 heterocycles. The lowest BCUT2D eigenvalue weighted by atomic mass is 9.98. The number of nitrogen functional groups attached to an aromatic ring is 1. The number of amides is 1. The van der Waals surface area contributed by atoms with E-state index in [9.17, 15) is 18.0 Å². The Kier molecular flexibility index (Phi) is 6.27. The summed E-state index contributed by atoms with van der Waals surface area (Å²) in [6.45, 7) is 0.398. The van der Waals surface area contributed by atoms with Crippen LogP contribution in [0, 0.1) is 11.8 Å². The normalized spacial score (nSPS) is 12.3. The molecule has 168 valence electrons. The quantitative estimate of drug-likeness (QED) is 0.310. The molecule has 33 heavy (non-hydrogen) atoms. The van der Waals surface area contributed by atoms with Crippen LogP contribution >= 0.6 is 0 Å². The van der Waals surface area contributed by atoms with Gasteiger partial charge in [0, 0.05) is 30.1 Å². The summed E-state index contributed by atoms with van der Waals surface area (Å²) in [5.41, 5.74) is 9.70. The van der Waals surface area contributed by atoms with Crippen LogP contribution in [0.4, 0.5) is 23.7 Å². The minimum atomic E-state index is -4.46. The van der Waals surface area contributed by atoms with Crippen LogP contribution in [0.1, 0.15) is 34.6 Å². The first-order valence-electron chi connectivity index (χ1n) is 10.4. The van der Waals surface area contributed by atoms with Crippen molar-refractivity contribution >= 4 is 11.8 Å². The number of alkyl carbamates (subject to hydrolysis) is 1. The molecule has 0 bridgehead atoms. The van der Waals surface area contributed by atoms with Gasteiger partial charge in [0.15, 0.2) is 0 Å². The van der Waals surface area contributed by atoms with E-state index in [0.717, 1.165) is 34.4 Å². The minimum absolute atomic E-state index is 0.0353. The number of halogens is 3. The van der Waals surface area contributed by atoms with Crippen molar-refractivity contribution in [1.82, 2.24) is 5.32 Å². The van der Waals surface area contributed by atoms with E-state index in [1.54, 1.807) is 0 Å². The Morgan fingerprint density at radius 1 is 1.00 bits per heavy atom. The zero-order chi connectivity index (χ0) is 23.4. The smallest absolute Gasteiger partial charge is 0.416 e. The van der Waals surface area contributed by atoms with E-state index in [1.165, 1.54) is 6.07 Å². The second-order valence-electron chi connectivity index (χ2n) is 7.60. The SMILES string of the molecule is Nc1ccc(C(F)(F)F)cc1C#CCCNC(=O)OCC1c2ccccc2-c2ccccc21. The van der Waals surface area contributed by atoms with Gasteiger partial charge in [-0.3, -0.25) is 0 Å². The van der Waals surface area contributed by atoms with Gasteiger partial charge < -0.3 is 15.8 Å². The third-order valence-electron chi connectivity index (χ3n) is 5.47. The summed E-state index contributed by atoms with van der Waals surface area (Å²) in [6, 6.07) is 19.1. The Morgan fingerprint density at radius 2 is 1.64 bits per heavy atom. The number of anilines is 1. The first kappa shape index (κ1) is 22.3. The first-order chi connectivity index (χ1) is 15.8. The molecule has 0 radical (unpaired) electrons. The van der Waals surface area contributed by atoms with Crippen LogP contribution in [-0.2, 0) is 10.9 Å². The molecule has 7 heteroatoms. The predicted octanol–water partition coefficient (Wildman–Crippen LogP) is 5.57. The molecule has 3 aromatic rings. The lowest BCUT2D eigenvalue weighted by Gasteiger charge is -2.14. The molecule has 0 aromatic heterocycles. The van der Waals surface area contributed by atoms with Crippen molar-refractivity contribution < 1.29 is 22.7 Å². The average molecular weight is 450 g/mol. The lowest BCUT2D eigenvalue weighted by molar-refractivity contribution is -0.137. The van der Waals surface area contributed by atoms with Crippen molar-refractivity contribution in [3.05, 3.63) is 89.0 Å². The molecule has 0 aliphatic heterocycles. The zero-order valence-corrected chi connectivity index (χ0v) is 17.6. The van der Waals surface area contributed by atoms with Crippen molar-refractivity contribution in [2.75, 3.05) is 18.9 Å². The maximum atomic E-state index is 12.8. The van der Waals surface area contributed by atoms with Gasteiger partial charge in [0.05, 0.1) is 5.56 Å². The highest BCUT2D eigenvalue weighted by atomic mass is 19.4. The molecule has 0 fully saturated rings. The summed E-state index contributed by atoms with van der Waals surface area (Å²) in [5.74, 6) is 5.33. The zero-order valence-electron chi connectivity index (χ0n) is 17.6. The third-order valence-corrected chi connectivity index (χ3v) is 5.47. The van der Waals surface area contributed by atoms with Crippen LogP contribution in [0.2, 0.25) is 0 Å². The number of ether oxygens (including phenoxy) is 1. The van der Waals surface area contributed by atoms with Crippen LogP contribution < -0.4 is 11.1 Å². The van der Waals surface area contributed by atoms with Crippen molar-refractivity contribution in [3.8, 4) is 23.0 Å². The minimum Gasteiger partial charge on any atom is -0.449 e. The molecule has 3 aromatic carbocycles. The molecule has 4 rings (SSSR count). The summed E-state index contributed by atoms with van der Waals surface area (Å²) in [6.07, 6.45) is -4.80. The molecule has 1 amide bonds. The van der Waals surface area contributed by atoms with Crippen molar-refractivity contribution in [3.63, 3.8) is 0 Å². The van der Waals surface area contributed by atoms with Crippen LogP contribution in [0.15, 0.2) is 66.7 Å². The maximum absolute atomic E-state index is 12.8. The van der Waals surface area contributed by atoms with Crippen LogP contribution in [0.5, 0.6) is 0 Å². The molecule has 0 saturated carbocycles. The number of hydrogen-bond donors (Lipinski definition) is 2. The van der Waals surface area contributed by atoms with E-state index in [-0.39, 0.29) is 36.7 Å². The highest BCUT2D eigenvalue weighted by Crippen LogP contribution is 2.44. The number of fused-ring (bicyclic) bond motifs is 3. The van der Waals surface area contributed by atoms with Crippen LogP contribution in [0.25, 0.3) is 11.1 Å². The largest absolute Gasteiger partial charge is 0.449 e. The molecule has 4 nitrogen and oxygen atoms in total. The van der Waals surface area contributed by atoms with Gasteiger partial charge in [-0.25, -0.2) is 4.79 Å². The standard InChI is InChI=1S/C26H21F3N2O2/c27-26(28,29)18-12-13-24(30)17(15-18)7-5-6-14-31-25(32)33-16-23-21-10-3-1-8-19(21)20-9-2-4-11-22(20)23/h1-4,8-13,15,23H,6,14,16,30H2,(H,31,32). The summed E-state index contributed by atoms with van der Waals surface area (Å²) < 4.78 is 43.9. The van der Waals surface area contributed by atoms with Gasteiger partial charge in [0.2, 0.25) is 0 Å². The van der Waals surface area contributed by atoms with Gasteiger partial charge in [-0.05, 0) is 40.5 Å². The van der Waals surface area contributed by atoms with E-state index in [0.29, 0.717) is 0 Å². The van der Waals surface area contributed by atoms with Crippen LogP contribution in [-0.4, -0.2) is 19.2 Å². The molecule has 1 aliphatic rings. The molecular weight excluding hydrogens is 429 g/mol. The van der Waals surface area contributed by atoms with Gasteiger partial charge in [0.25, 0.3) is 0 Å². The van der Waals surface area contributed by atoms with E-state index < -0.39 is 17.8 Å². The van der Waals surface area contributed by atoms with Gasteiger partial charge in [-0.15, -0.1) is 0 Å². The fourth-order valence-corrected chi connectivity index (χ4v) is 3.88. The first-order valence-corrected chi connectivity index (χ1v) is 10.4. The molecule has 0 unspecified atom stereocenters. The van der Waals surface area contributed by atoms with E-state index >= 15 is 0 Å². The summed E-state index contributed by atoms with van der Waals surface area (Å²) >= 11 is 0. The Labute approximate surface area is 189 Å². The Balaban J connectivity index is 1.30. The molecule has 0 spiro atoms. The van der Waals surface area contributed by atoms with Gasteiger partial charge >= 0.3 is 12.3 Å². The number of alkyl halides is 3.